The van der Waals surface area contributed by atoms with Crippen molar-refractivity contribution in [1.29, 1.82) is 0 Å². The first-order valence-corrected chi connectivity index (χ1v) is 13.4. The quantitative estimate of drug-likeness (QED) is 0.211. The van der Waals surface area contributed by atoms with Gasteiger partial charge in [-0.05, 0) is 25.4 Å². The number of carbonyl (C=O) groups excluding carboxylic acids is 1. The highest BCUT2D eigenvalue weighted by Crippen LogP contribution is 2.58. The van der Waals surface area contributed by atoms with Gasteiger partial charge in [-0.2, -0.15) is 0 Å². The number of hydrogen-bond donors (Lipinski definition) is 1. The summed E-state index contributed by atoms with van der Waals surface area (Å²) in [7, 11) is 0.924. The Morgan fingerprint density at radius 3 is 2.41 bits per heavy atom. The molecule has 0 aromatic heterocycles. The smallest absolute Gasteiger partial charge is 0.353 e. The second kappa shape index (κ2) is 7.64. The number of aliphatic carboxylic acids is 1. The van der Waals surface area contributed by atoms with Crippen LogP contribution in [0.2, 0.25) is 13.1 Å². The maximum Gasteiger partial charge on any atom is 0.353 e. The Hall–Kier alpha value is -1.24. The molecule has 3 atom stereocenters. The maximum absolute atomic E-state index is 13.0. The summed E-state index contributed by atoms with van der Waals surface area (Å²) < 4.78 is 6.32. The lowest BCUT2D eigenvalue weighted by Gasteiger charge is -2.59. The number of carboxylic acids is 1. The van der Waals surface area contributed by atoms with E-state index in [4.69, 9.17) is 4.43 Å². The second-order valence-corrected chi connectivity index (χ2v) is 12.6. The molecule has 12 heteroatoms. The highest BCUT2D eigenvalue weighted by Gasteiger charge is 2.64. The van der Waals surface area contributed by atoms with E-state index in [0.29, 0.717) is 0 Å². The molecule has 2 rings (SSSR count). The Bertz CT molecular complexity index is 694. The fourth-order valence-electron chi connectivity index (χ4n) is 3.22. The number of hydrogen-bond acceptors (Lipinski definition) is 8. The number of fused-ring (bicyclic) bond motifs is 1. The molecule has 2 heterocycles. The molecule has 1 fully saturated rings. The number of rotatable bonds is 7. The molecule has 0 radical (unpaired) electrons. The van der Waals surface area contributed by atoms with Crippen molar-refractivity contribution in [3.63, 3.8) is 0 Å². The van der Waals surface area contributed by atoms with Gasteiger partial charge in [-0.3, -0.25) is 9.69 Å². The molecule has 0 aromatic rings. The van der Waals surface area contributed by atoms with Gasteiger partial charge in [0.15, 0.2) is 9.04 Å². The largest absolute Gasteiger partial charge is 0.477 e. The third-order valence-corrected chi connectivity index (χ3v) is 8.60. The van der Waals surface area contributed by atoms with Crippen molar-refractivity contribution < 1.29 is 29.0 Å². The molecule has 2 aliphatic rings. The van der Waals surface area contributed by atoms with Crippen LogP contribution in [0.15, 0.2) is 10.6 Å². The van der Waals surface area contributed by atoms with Gasteiger partial charge in [0, 0.05) is 0 Å². The van der Waals surface area contributed by atoms with Gasteiger partial charge in [0.05, 0.1) is 16.4 Å². The van der Waals surface area contributed by atoms with Gasteiger partial charge < -0.3 is 14.4 Å². The van der Waals surface area contributed by atoms with E-state index in [1.165, 1.54) is 15.7 Å². The Balaban J connectivity index is 2.38. The minimum absolute atomic E-state index is 0.142. The van der Waals surface area contributed by atoms with Gasteiger partial charge >= 0.3 is 5.97 Å². The number of amides is 1. The molecule has 1 saturated heterocycles. The van der Waals surface area contributed by atoms with Crippen LogP contribution in [-0.4, -0.2) is 53.6 Å². The van der Waals surface area contributed by atoms with Crippen molar-refractivity contribution in [3.05, 3.63) is 20.7 Å². The van der Waals surface area contributed by atoms with Gasteiger partial charge in [-0.1, -0.05) is 42.4 Å². The normalized spacial score (nSPS) is 25.0. The minimum Gasteiger partial charge on any atom is -0.477 e. The summed E-state index contributed by atoms with van der Waals surface area (Å²) in [6.45, 7) is 11.5. The average molecular weight is 437 g/mol. The molecule has 1 unspecified atom stereocenters. The van der Waals surface area contributed by atoms with Crippen molar-refractivity contribution in [2.24, 2.45) is 11.3 Å². The van der Waals surface area contributed by atoms with Crippen LogP contribution < -0.4 is 0 Å². The van der Waals surface area contributed by atoms with Crippen LogP contribution >= 0.6 is 21.6 Å². The first kappa shape index (κ1) is 22.1. The number of β-lactam (4-membered cyclic amide) rings is 1. The highest BCUT2D eigenvalue weighted by molar-refractivity contribution is 8.78. The summed E-state index contributed by atoms with van der Waals surface area (Å²) in [6, 6.07) is 0. The summed E-state index contributed by atoms with van der Waals surface area (Å²) in [5.41, 5.74) is -1.34. The maximum atomic E-state index is 13.0. The molecule has 0 aliphatic carbocycles. The van der Waals surface area contributed by atoms with Crippen LogP contribution in [0.25, 0.3) is 0 Å². The molecule has 0 bridgehead atoms. The zero-order valence-electron chi connectivity index (χ0n) is 16.0. The van der Waals surface area contributed by atoms with Crippen molar-refractivity contribution in [1.82, 2.24) is 4.90 Å². The van der Waals surface area contributed by atoms with E-state index in [9.17, 15) is 24.8 Å². The fourth-order valence-corrected chi connectivity index (χ4v) is 7.68. The monoisotopic (exact) mass is 436 g/mol. The fraction of sp³-hybridized carbons (Fsp3) is 0.733. The van der Waals surface area contributed by atoms with Crippen LogP contribution in [0, 0.1) is 21.4 Å². The zero-order chi connectivity index (χ0) is 20.7. The van der Waals surface area contributed by atoms with Crippen LogP contribution in [0.5, 0.6) is 0 Å². The Kier molecular flexibility index (Phi) is 6.24. The number of carboxylic acid groups (broad SMARTS) is 1. The molecule has 1 N–H and O–H groups in total. The minimum atomic E-state index is -1.49. The Labute approximate surface area is 167 Å². The first-order valence-electron chi connectivity index (χ1n) is 8.39. The predicted octanol–water partition coefficient (Wildman–Crippen LogP) is 2.48. The van der Waals surface area contributed by atoms with E-state index in [2.05, 4.69) is 4.84 Å². The molecule has 1 amide bonds. The third kappa shape index (κ3) is 3.98. The molecular weight excluding hydrogens is 412 g/mol. The highest BCUT2D eigenvalue weighted by atomic mass is 33.1. The zero-order valence-corrected chi connectivity index (χ0v) is 18.8. The number of nitrogens with zero attached hydrogens (tertiary/aromatic N) is 2. The van der Waals surface area contributed by atoms with Gasteiger partial charge in [-0.15, -0.1) is 10.1 Å². The van der Waals surface area contributed by atoms with E-state index in [1.807, 2.05) is 40.8 Å². The average Bonchev–Trinajstić information content (AvgIpc) is 2.49. The summed E-state index contributed by atoms with van der Waals surface area (Å²) >= 11 is 0. The summed E-state index contributed by atoms with van der Waals surface area (Å²) in [6.07, 6.45) is 0. The Morgan fingerprint density at radius 1 is 1.37 bits per heavy atom. The molecule has 152 valence electrons. The second-order valence-electron chi connectivity index (χ2n) is 7.85. The Morgan fingerprint density at radius 2 is 1.96 bits per heavy atom. The summed E-state index contributed by atoms with van der Waals surface area (Å²) in [4.78, 5) is 40.9. The van der Waals surface area contributed by atoms with Gasteiger partial charge in [0.1, 0.15) is 17.7 Å². The standard InChI is InChI=1S/C15H24N2O7S2Si/c1-14(2,3)15(4,24-27(5)6)9-11(18)16-10(13(19)20)8(7-23-17(21)22)25-26-12(9)16/h9,12,27H,7H2,1-6H3,(H,19,20)/t9-,12+,15?/m0/s1. The lowest BCUT2D eigenvalue weighted by Crippen LogP contribution is -2.71. The predicted molar refractivity (Wildman–Crippen MR) is 105 cm³/mol. The molecular formula is C15H24N2O7S2Si. The molecule has 0 saturated carbocycles. The van der Waals surface area contributed by atoms with E-state index in [0.717, 1.165) is 10.8 Å². The van der Waals surface area contributed by atoms with Gasteiger partial charge in [-0.25, -0.2) is 4.79 Å². The summed E-state index contributed by atoms with van der Waals surface area (Å²) in [5, 5.41) is 18.6. The number of carbonyl (C=O) groups is 2. The van der Waals surface area contributed by atoms with Gasteiger partial charge in [0.25, 0.3) is 5.09 Å². The lowest BCUT2D eigenvalue weighted by atomic mass is 9.66. The van der Waals surface area contributed by atoms with Crippen molar-refractivity contribution >= 4 is 42.5 Å². The third-order valence-electron chi connectivity index (χ3n) is 4.86. The molecule has 2 aliphatic heterocycles. The topological polar surface area (TPSA) is 119 Å². The van der Waals surface area contributed by atoms with E-state index >= 15 is 0 Å². The molecule has 0 spiro atoms. The lowest BCUT2D eigenvalue weighted by molar-refractivity contribution is -0.755. The first-order chi connectivity index (χ1) is 12.3. The van der Waals surface area contributed by atoms with E-state index < -0.39 is 43.6 Å². The van der Waals surface area contributed by atoms with E-state index in [1.54, 1.807) is 0 Å². The summed E-state index contributed by atoms with van der Waals surface area (Å²) in [5.74, 6) is -2.15. The van der Waals surface area contributed by atoms with Crippen LogP contribution in [-0.2, 0) is 18.9 Å². The van der Waals surface area contributed by atoms with E-state index in [-0.39, 0.29) is 21.9 Å². The molecule has 27 heavy (non-hydrogen) atoms. The van der Waals surface area contributed by atoms with Crippen molar-refractivity contribution in [2.45, 2.75) is 51.8 Å². The van der Waals surface area contributed by atoms with Crippen LogP contribution in [0.4, 0.5) is 0 Å². The van der Waals surface area contributed by atoms with Crippen LogP contribution in [0.3, 0.4) is 0 Å². The van der Waals surface area contributed by atoms with Crippen LogP contribution in [0.1, 0.15) is 27.7 Å². The SMILES string of the molecule is C[SiH](C)OC(C)([C@H]1C(=O)N2C(C(=O)O)=C(CO[N+](=O)[O-])SS[C@H]12)C(C)(C)C. The molecule has 0 aromatic carbocycles. The van der Waals surface area contributed by atoms with Crippen molar-refractivity contribution in [3.8, 4) is 0 Å². The van der Waals surface area contributed by atoms with Gasteiger partial charge in [0.2, 0.25) is 5.91 Å². The molecule has 9 nitrogen and oxygen atoms in total. The van der Waals surface area contributed by atoms with Crippen molar-refractivity contribution in [2.75, 3.05) is 6.61 Å².